The molecule has 2 heterocycles. The molecule has 78 valence electrons. The van der Waals surface area contributed by atoms with Crippen molar-refractivity contribution in [2.75, 3.05) is 19.8 Å². The van der Waals surface area contributed by atoms with Gasteiger partial charge in [0.1, 0.15) is 5.76 Å². The number of aromatic nitrogens is 1. The highest BCUT2D eigenvalue weighted by molar-refractivity contribution is 5.11. The lowest BCUT2D eigenvalue weighted by molar-refractivity contribution is 0.0783. The van der Waals surface area contributed by atoms with Crippen LogP contribution < -0.4 is 0 Å². The summed E-state index contributed by atoms with van der Waals surface area (Å²) < 4.78 is 10.5. The van der Waals surface area contributed by atoms with Gasteiger partial charge < -0.3 is 14.4 Å². The number of aliphatic hydroxyl groups is 1. The molecule has 4 nitrogen and oxygen atoms in total. The summed E-state index contributed by atoms with van der Waals surface area (Å²) in [5, 5.41) is 12.7. The van der Waals surface area contributed by atoms with Gasteiger partial charge in [-0.15, -0.1) is 0 Å². The smallest absolute Gasteiger partial charge is 0.139 e. The molecule has 1 aliphatic rings. The predicted octanol–water partition coefficient (Wildman–Crippen LogP) is 1.10. The quantitative estimate of drug-likeness (QED) is 0.788. The molecule has 0 spiro atoms. The van der Waals surface area contributed by atoms with Crippen LogP contribution in [0.2, 0.25) is 0 Å². The molecule has 1 N–H and O–H groups in total. The lowest BCUT2D eigenvalue weighted by atomic mass is 9.98. The van der Waals surface area contributed by atoms with Crippen molar-refractivity contribution in [3.05, 3.63) is 17.5 Å². The van der Waals surface area contributed by atoms with Gasteiger partial charge in [-0.2, -0.15) is 0 Å². The largest absolute Gasteiger partial charge is 0.396 e. The predicted molar refractivity (Wildman–Crippen MR) is 50.1 cm³/mol. The molecule has 2 rings (SSSR count). The summed E-state index contributed by atoms with van der Waals surface area (Å²) in [6.45, 7) is 1.71. The second-order valence-electron chi connectivity index (χ2n) is 3.61. The molecule has 0 bridgehead atoms. The molecule has 0 amide bonds. The van der Waals surface area contributed by atoms with Gasteiger partial charge in [-0.3, -0.25) is 0 Å². The average molecular weight is 197 g/mol. The normalized spacial score (nSPS) is 22.5. The molecule has 0 saturated carbocycles. The van der Waals surface area contributed by atoms with Crippen molar-refractivity contribution in [3.63, 3.8) is 0 Å². The number of aliphatic hydroxyl groups excluding tert-OH is 1. The molecule has 14 heavy (non-hydrogen) atoms. The minimum absolute atomic E-state index is 0.107. The molecule has 1 unspecified atom stereocenters. The van der Waals surface area contributed by atoms with Crippen LogP contribution in [-0.2, 0) is 11.2 Å². The number of hydrogen-bond donors (Lipinski definition) is 1. The van der Waals surface area contributed by atoms with E-state index in [-0.39, 0.29) is 6.61 Å². The summed E-state index contributed by atoms with van der Waals surface area (Å²) >= 11 is 0. The van der Waals surface area contributed by atoms with Crippen LogP contribution in [0, 0.1) is 0 Å². The number of nitrogens with zero attached hydrogens (tertiary/aromatic N) is 1. The Balaban J connectivity index is 2.00. The Labute approximate surface area is 82.9 Å². The van der Waals surface area contributed by atoms with Crippen molar-refractivity contribution in [3.8, 4) is 0 Å². The van der Waals surface area contributed by atoms with Gasteiger partial charge in [0.05, 0.1) is 18.9 Å². The Morgan fingerprint density at radius 1 is 1.57 bits per heavy atom. The van der Waals surface area contributed by atoms with Gasteiger partial charge in [0.15, 0.2) is 0 Å². The van der Waals surface area contributed by atoms with Crippen LogP contribution in [0.25, 0.3) is 0 Å². The number of hydrogen-bond acceptors (Lipinski definition) is 4. The third-order valence-corrected chi connectivity index (χ3v) is 2.51. The fourth-order valence-corrected chi connectivity index (χ4v) is 1.72. The van der Waals surface area contributed by atoms with Gasteiger partial charge in [-0.1, -0.05) is 5.16 Å². The SMILES string of the molecule is OCCc1cc(C2CCCOC2)no1. The third kappa shape index (κ3) is 2.13. The van der Waals surface area contributed by atoms with Gasteiger partial charge in [-0.05, 0) is 12.8 Å². The monoisotopic (exact) mass is 197 g/mol. The molecule has 1 fully saturated rings. The number of ether oxygens (including phenoxy) is 1. The summed E-state index contributed by atoms with van der Waals surface area (Å²) in [5.74, 6) is 1.13. The first-order chi connectivity index (χ1) is 6.90. The minimum Gasteiger partial charge on any atom is -0.396 e. The summed E-state index contributed by atoms with van der Waals surface area (Å²) in [7, 11) is 0. The van der Waals surface area contributed by atoms with Crippen LogP contribution in [0.5, 0.6) is 0 Å². The van der Waals surface area contributed by atoms with Crippen LogP contribution in [0.15, 0.2) is 10.6 Å². The first-order valence-corrected chi connectivity index (χ1v) is 5.04. The lowest BCUT2D eigenvalue weighted by Gasteiger charge is -2.19. The zero-order valence-corrected chi connectivity index (χ0v) is 8.11. The van der Waals surface area contributed by atoms with Crippen LogP contribution in [0.3, 0.4) is 0 Å². The van der Waals surface area contributed by atoms with Gasteiger partial charge in [0, 0.05) is 25.0 Å². The van der Waals surface area contributed by atoms with E-state index in [0.29, 0.717) is 12.3 Å². The Kier molecular flexibility index (Phi) is 3.16. The minimum atomic E-state index is 0.107. The molecule has 0 aliphatic carbocycles. The second kappa shape index (κ2) is 4.57. The summed E-state index contributed by atoms with van der Waals surface area (Å²) in [5.41, 5.74) is 0.966. The fourth-order valence-electron chi connectivity index (χ4n) is 1.72. The zero-order chi connectivity index (χ0) is 9.80. The van der Waals surface area contributed by atoms with E-state index in [1.54, 1.807) is 0 Å². The highest BCUT2D eigenvalue weighted by Gasteiger charge is 2.19. The van der Waals surface area contributed by atoms with Crippen LogP contribution in [0.1, 0.15) is 30.2 Å². The highest BCUT2D eigenvalue weighted by Crippen LogP contribution is 2.24. The molecule has 0 radical (unpaired) electrons. The maximum absolute atomic E-state index is 8.73. The number of rotatable bonds is 3. The molecule has 4 heteroatoms. The first kappa shape index (κ1) is 9.68. The van der Waals surface area contributed by atoms with Crippen molar-refractivity contribution < 1.29 is 14.4 Å². The van der Waals surface area contributed by atoms with E-state index in [0.717, 1.165) is 37.5 Å². The molecular weight excluding hydrogens is 182 g/mol. The summed E-state index contributed by atoms with van der Waals surface area (Å²) in [6.07, 6.45) is 2.75. The lowest BCUT2D eigenvalue weighted by Crippen LogP contribution is -2.15. The zero-order valence-electron chi connectivity index (χ0n) is 8.11. The van der Waals surface area contributed by atoms with Gasteiger partial charge in [0.25, 0.3) is 0 Å². The average Bonchev–Trinajstić information content (AvgIpc) is 2.68. The molecule has 1 aliphatic heterocycles. The Bertz CT molecular complexity index is 279. The third-order valence-electron chi connectivity index (χ3n) is 2.51. The second-order valence-corrected chi connectivity index (χ2v) is 3.61. The Hall–Kier alpha value is -0.870. The van der Waals surface area contributed by atoms with E-state index in [1.165, 1.54) is 0 Å². The van der Waals surface area contributed by atoms with E-state index in [1.807, 2.05) is 6.07 Å². The van der Waals surface area contributed by atoms with E-state index >= 15 is 0 Å². The highest BCUT2D eigenvalue weighted by atomic mass is 16.5. The topological polar surface area (TPSA) is 55.5 Å². The first-order valence-electron chi connectivity index (χ1n) is 5.04. The summed E-state index contributed by atoms with van der Waals surface area (Å²) in [4.78, 5) is 0. The molecule has 1 atom stereocenters. The van der Waals surface area contributed by atoms with Crippen molar-refractivity contribution in [2.24, 2.45) is 0 Å². The Morgan fingerprint density at radius 3 is 3.21 bits per heavy atom. The maximum atomic E-state index is 8.73. The van der Waals surface area contributed by atoms with E-state index in [4.69, 9.17) is 14.4 Å². The van der Waals surface area contributed by atoms with Crippen molar-refractivity contribution in [2.45, 2.75) is 25.2 Å². The van der Waals surface area contributed by atoms with Crippen LogP contribution in [0.4, 0.5) is 0 Å². The van der Waals surface area contributed by atoms with Crippen molar-refractivity contribution >= 4 is 0 Å². The summed E-state index contributed by atoms with van der Waals surface area (Å²) in [6, 6.07) is 1.93. The van der Waals surface area contributed by atoms with Gasteiger partial charge in [0.2, 0.25) is 0 Å². The van der Waals surface area contributed by atoms with Gasteiger partial charge in [-0.25, -0.2) is 0 Å². The van der Waals surface area contributed by atoms with Crippen molar-refractivity contribution in [1.29, 1.82) is 0 Å². The van der Waals surface area contributed by atoms with Gasteiger partial charge >= 0.3 is 0 Å². The van der Waals surface area contributed by atoms with Crippen molar-refractivity contribution in [1.82, 2.24) is 5.16 Å². The van der Waals surface area contributed by atoms with Crippen LogP contribution in [-0.4, -0.2) is 30.1 Å². The Morgan fingerprint density at radius 2 is 2.50 bits per heavy atom. The molecule has 1 aromatic heterocycles. The van der Waals surface area contributed by atoms with Crippen LogP contribution >= 0.6 is 0 Å². The molecule has 0 aromatic carbocycles. The molecule has 1 aromatic rings. The fraction of sp³-hybridized carbons (Fsp3) is 0.700. The molecular formula is C10H15NO3. The standard InChI is InChI=1S/C10H15NO3/c12-4-3-9-6-10(11-14-9)8-2-1-5-13-7-8/h6,8,12H,1-5,7H2. The van der Waals surface area contributed by atoms with E-state index in [2.05, 4.69) is 5.16 Å². The van der Waals surface area contributed by atoms with E-state index in [9.17, 15) is 0 Å². The van der Waals surface area contributed by atoms with E-state index < -0.39 is 0 Å². The maximum Gasteiger partial charge on any atom is 0.139 e. The molecule has 1 saturated heterocycles.